The topological polar surface area (TPSA) is 61.4 Å². The number of hydrogen-bond acceptors (Lipinski definition) is 2. The lowest BCUT2D eigenvalue weighted by molar-refractivity contribution is -0.122. The van der Waals surface area contributed by atoms with Crippen LogP contribution in [0.15, 0.2) is 59.1 Å². The average molecular weight is 430 g/mol. The molecule has 1 saturated heterocycles. The van der Waals surface area contributed by atoms with E-state index in [9.17, 15) is 9.59 Å². The van der Waals surface area contributed by atoms with E-state index in [-0.39, 0.29) is 18.0 Å². The molecule has 0 aliphatic carbocycles. The van der Waals surface area contributed by atoms with Crippen LogP contribution in [-0.2, 0) is 11.2 Å². The second kappa shape index (κ2) is 9.55. The van der Waals surface area contributed by atoms with Gasteiger partial charge in [-0.3, -0.25) is 4.79 Å². The molecule has 1 aliphatic heterocycles. The monoisotopic (exact) mass is 429 g/mol. The molecular formula is C21H24BrN3O2. The Morgan fingerprint density at radius 2 is 1.78 bits per heavy atom. The third-order valence-electron chi connectivity index (χ3n) is 4.70. The number of piperidine rings is 1. The molecule has 1 aliphatic rings. The Kier molecular flexibility index (Phi) is 6.87. The van der Waals surface area contributed by atoms with Gasteiger partial charge in [-0.15, -0.1) is 0 Å². The summed E-state index contributed by atoms with van der Waals surface area (Å²) >= 11 is 3.45. The SMILES string of the molecule is O=C(CCc1cccc(Br)c1)NC1CCN(C(=O)Nc2ccccc2)CC1. The smallest absolute Gasteiger partial charge is 0.321 e. The highest BCUT2D eigenvalue weighted by Crippen LogP contribution is 2.15. The lowest BCUT2D eigenvalue weighted by Crippen LogP contribution is -2.47. The molecule has 1 fully saturated rings. The number of anilines is 1. The Balaban J connectivity index is 1.38. The predicted octanol–water partition coefficient (Wildman–Crippen LogP) is 4.19. The molecule has 2 aromatic carbocycles. The van der Waals surface area contributed by atoms with Crippen LogP contribution < -0.4 is 10.6 Å². The van der Waals surface area contributed by atoms with E-state index in [1.807, 2.05) is 54.6 Å². The van der Waals surface area contributed by atoms with Gasteiger partial charge in [0, 0.05) is 35.7 Å². The van der Waals surface area contributed by atoms with Gasteiger partial charge in [0.2, 0.25) is 5.91 Å². The number of hydrogen-bond donors (Lipinski definition) is 2. The first-order chi connectivity index (χ1) is 13.1. The van der Waals surface area contributed by atoms with Crippen molar-refractivity contribution in [2.24, 2.45) is 0 Å². The van der Waals surface area contributed by atoms with Gasteiger partial charge in [0.1, 0.15) is 0 Å². The standard InChI is InChI=1S/C21H24BrN3O2/c22-17-6-4-5-16(15-17)9-10-20(26)23-19-11-13-25(14-12-19)21(27)24-18-7-2-1-3-8-18/h1-8,15,19H,9-14H2,(H,23,26)(H,24,27). The number of rotatable bonds is 5. The summed E-state index contributed by atoms with van der Waals surface area (Å²) in [5, 5.41) is 6.01. The highest BCUT2D eigenvalue weighted by Gasteiger charge is 2.23. The molecule has 0 radical (unpaired) electrons. The van der Waals surface area contributed by atoms with Crippen molar-refractivity contribution in [3.05, 3.63) is 64.6 Å². The maximum atomic E-state index is 12.3. The molecule has 3 rings (SSSR count). The van der Waals surface area contributed by atoms with Crippen molar-refractivity contribution in [1.82, 2.24) is 10.2 Å². The minimum atomic E-state index is -0.0827. The zero-order chi connectivity index (χ0) is 19.1. The van der Waals surface area contributed by atoms with Gasteiger partial charge in [0.05, 0.1) is 0 Å². The number of nitrogens with zero attached hydrogens (tertiary/aromatic N) is 1. The number of urea groups is 1. The van der Waals surface area contributed by atoms with Crippen molar-refractivity contribution < 1.29 is 9.59 Å². The van der Waals surface area contributed by atoms with Crippen LogP contribution in [-0.4, -0.2) is 36.0 Å². The summed E-state index contributed by atoms with van der Waals surface area (Å²) < 4.78 is 1.03. The summed E-state index contributed by atoms with van der Waals surface area (Å²) in [4.78, 5) is 26.3. The highest BCUT2D eigenvalue weighted by molar-refractivity contribution is 9.10. The number of likely N-dealkylation sites (tertiary alicyclic amines) is 1. The zero-order valence-electron chi connectivity index (χ0n) is 15.2. The molecule has 142 valence electrons. The molecule has 5 nitrogen and oxygen atoms in total. The van der Waals surface area contributed by atoms with E-state index in [2.05, 4.69) is 26.6 Å². The molecule has 0 unspecified atom stereocenters. The molecule has 3 amide bonds. The fourth-order valence-electron chi connectivity index (χ4n) is 3.20. The summed E-state index contributed by atoms with van der Waals surface area (Å²) in [6, 6.07) is 17.5. The van der Waals surface area contributed by atoms with Crippen molar-refractivity contribution in [3.8, 4) is 0 Å². The predicted molar refractivity (Wildman–Crippen MR) is 111 cm³/mol. The summed E-state index contributed by atoms with van der Waals surface area (Å²) in [5.74, 6) is 0.0714. The van der Waals surface area contributed by atoms with E-state index in [0.717, 1.165) is 35.0 Å². The number of benzene rings is 2. The van der Waals surface area contributed by atoms with E-state index >= 15 is 0 Å². The number of para-hydroxylation sites is 1. The molecule has 0 atom stereocenters. The normalized spacial score (nSPS) is 14.6. The van der Waals surface area contributed by atoms with Gasteiger partial charge in [-0.1, -0.05) is 46.3 Å². The highest BCUT2D eigenvalue weighted by atomic mass is 79.9. The third-order valence-corrected chi connectivity index (χ3v) is 5.20. The number of amides is 3. The molecule has 0 spiro atoms. The minimum Gasteiger partial charge on any atom is -0.353 e. The van der Waals surface area contributed by atoms with Gasteiger partial charge >= 0.3 is 6.03 Å². The van der Waals surface area contributed by atoms with Gasteiger partial charge in [0.25, 0.3) is 0 Å². The van der Waals surface area contributed by atoms with Crippen LogP contribution in [0.3, 0.4) is 0 Å². The first kappa shape index (κ1) is 19.4. The molecule has 2 aromatic rings. The minimum absolute atomic E-state index is 0.0714. The second-order valence-corrected chi connectivity index (χ2v) is 7.67. The summed E-state index contributed by atoms with van der Waals surface area (Å²) in [5.41, 5.74) is 1.94. The molecule has 0 saturated carbocycles. The first-order valence-corrected chi connectivity index (χ1v) is 10.0. The van der Waals surface area contributed by atoms with Crippen molar-refractivity contribution >= 4 is 33.6 Å². The molecule has 1 heterocycles. The van der Waals surface area contributed by atoms with Gasteiger partial charge in [-0.25, -0.2) is 4.79 Å². The number of carbonyl (C=O) groups excluding carboxylic acids is 2. The Morgan fingerprint density at radius 1 is 1.04 bits per heavy atom. The van der Waals surface area contributed by atoms with Crippen LogP contribution in [0.2, 0.25) is 0 Å². The van der Waals surface area contributed by atoms with Crippen LogP contribution in [0.4, 0.5) is 10.5 Å². The molecular weight excluding hydrogens is 406 g/mol. The van der Waals surface area contributed by atoms with E-state index in [0.29, 0.717) is 19.5 Å². The molecule has 6 heteroatoms. The Bertz CT molecular complexity index is 774. The zero-order valence-corrected chi connectivity index (χ0v) is 16.7. The lowest BCUT2D eigenvalue weighted by atomic mass is 10.0. The van der Waals surface area contributed by atoms with Crippen LogP contribution >= 0.6 is 15.9 Å². The van der Waals surface area contributed by atoms with Crippen molar-refractivity contribution in [3.63, 3.8) is 0 Å². The Hall–Kier alpha value is -2.34. The van der Waals surface area contributed by atoms with Gasteiger partial charge in [-0.05, 0) is 49.1 Å². The molecule has 0 bridgehead atoms. The largest absolute Gasteiger partial charge is 0.353 e. The maximum Gasteiger partial charge on any atom is 0.321 e. The van der Waals surface area contributed by atoms with E-state index in [4.69, 9.17) is 0 Å². The lowest BCUT2D eigenvalue weighted by Gasteiger charge is -2.32. The fraction of sp³-hybridized carbons (Fsp3) is 0.333. The number of nitrogens with one attached hydrogen (secondary N) is 2. The van der Waals surface area contributed by atoms with Gasteiger partial charge < -0.3 is 15.5 Å². The van der Waals surface area contributed by atoms with E-state index in [1.54, 1.807) is 4.90 Å². The van der Waals surface area contributed by atoms with Crippen molar-refractivity contribution in [1.29, 1.82) is 0 Å². The fourth-order valence-corrected chi connectivity index (χ4v) is 3.65. The van der Waals surface area contributed by atoms with Gasteiger partial charge in [0.15, 0.2) is 0 Å². The van der Waals surface area contributed by atoms with Crippen LogP contribution in [0, 0.1) is 0 Å². The maximum absolute atomic E-state index is 12.3. The first-order valence-electron chi connectivity index (χ1n) is 9.25. The van der Waals surface area contributed by atoms with Crippen LogP contribution in [0.25, 0.3) is 0 Å². The van der Waals surface area contributed by atoms with Crippen molar-refractivity contribution in [2.45, 2.75) is 31.7 Å². The van der Waals surface area contributed by atoms with Crippen LogP contribution in [0.1, 0.15) is 24.8 Å². The van der Waals surface area contributed by atoms with Gasteiger partial charge in [-0.2, -0.15) is 0 Å². The van der Waals surface area contributed by atoms with Crippen molar-refractivity contribution in [2.75, 3.05) is 18.4 Å². The molecule has 2 N–H and O–H groups in total. The summed E-state index contributed by atoms with van der Waals surface area (Å²) in [7, 11) is 0. The summed E-state index contributed by atoms with van der Waals surface area (Å²) in [6.45, 7) is 1.30. The quantitative estimate of drug-likeness (QED) is 0.747. The third kappa shape index (κ3) is 6.10. The Morgan fingerprint density at radius 3 is 2.48 bits per heavy atom. The summed E-state index contributed by atoms with van der Waals surface area (Å²) in [6.07, 6.45) is 2.77. The molecule has 27 heavy (non-hydrogen) atoms. The van der Waals surface area contributed by atoms with E-state index in [1.165, 1.54) is 0 Å². The Labute approximate surface area is 168 Å². The number of carbonyl (C=O) groups is 2. The van der Waals surface area contributed by atoms with E-state index < -0.39 is 0 Å². The number of aryl methyl sites for hydroxylation is 1. The second-order valence-electron chi connectivity index (χ2n) is 6.75. The van der Waals surface area contributed by atoms with Crippen LogP contribution in [0.5, 0.6) is 0 Å². The number of halogens is 1. The average Bonchev–Trinajstić information content (AvgIpc) is 2.68. The molecule has 0 aromatic heterocycles.